The molecule has 0 saturated heterocycles. The Morgan fingerprint density at radius 3 is 2.28 bits per heavy atom. The summed E-state index contributed by atoms with van der Waals surface area (Å²) in [5, 5.41) is -0.394. The molecule has 0 aliphatic carbocycles. The van der Waals surface area contributed by atoms with E-state index in [1.165, 1.54) is 6.20 Å². The predicted molar refractivity (Wildman–Crippen MR) is 70.9 cm³/mol. The van der Waals surface area contributed by atoms with Gasteiger partial charge in [0.1, 0.15) is 0 Å². The third-order valence-electron chi connectivity index (χ3n) is 2.85. The molecule has 0 amide bonds. The van der Waals surface area contributed by atoms with Crippen molar-refractivity contribution in [2.24, 2.45) is 0 Å². The number of sulfone groups is 1. The molecule has 0 radical (unpaired) electrons. The Morgan fingerprint density at radius 2 is 1.72 bits per heavy atom. The minimum atomic E-state index is -3.42. The van der Waals surface area contributed by atoms with Gasteiger partial charge in [0, 0.05) is 6.20 Å². The van der Waals surface area contributed by atoms with Crippen LogP contribution < -0.4 is 0 Å². The van der Waals surface area contributed by atoms with Gasteiger partial charge in [0.15, 0.2) is 5.03 Å². The monoisotopic (exact) mass is 261 g/mol. The highest BCUT2D eigenvalue weighted by molar-refractivity contribution is 7.91. The number of nitrogens with zero attached hydrogens (tertiary/aromatic N) is 1. The SMILES string of the molecule is CCC(c1ccccc1)S(=O)(=O)c1ccccn1. The Labute approximate surface area is 107 Å². The maximum absolute atomic E-state index is 12.5. The molecule has 0 spiro atoms. The molecule has 2 aromatic rings. The normalized spacial score (nSPS) is 13.2. The maximum Gasteiger partial charge on any atom is 0.202 e. The van der Waals surface area contributed by atoms with Crippen LogP contribution in [0.2, 0.25) is 0 Å². The largest absolute Gasteiger partial charge is 0.245 e. The minimum Gasteiger partial charge on any atom is -0.245 e. The Kier molecular flexibility index (Phi) is 3.77. The van der Waals surface area contributed by atoms with Gasteiger partial charge in [0.25, 0.3) is 0 Å². The summed E-state index contributed by atoms with van der Waals surface area (Å²) in [7, 11) is -3.42. The second-order valence-electron chi connectivity index (χ2n) is 4.02. The van der Waals surface area contributed by atoms with Gasteiger partial charge in [0.05, 0.1) is 5.25 Å². The Bertz CT molecular complexity index is 594. The van der Waals surface area contributed by atoms with Crippen molar-refractivity contribution < 1.29 is 8.42 Å². The number of pyridine rings is 1. The molecule has 0 bridgehead atoms. The second kappa shape index (κ2) is 5.31. The quantitative estimate of drug-likeness (QED) is 0.850. The lowest BCUT2D eigenvalue weighted by Gasteiger charge is -2.15. The zero-order valence-electron chi connectivity index (χ0n) is 10.2. The number of aromatic nitrogens is 1. The molecule has 4 heteroatoms. The van der Waals surface area contributed by atoms with Crippen LogP contribution in [0.25, 0.3) is 0 Å². The Balaban J connectivity index is 2.46. The third kappa shape index (κ3) is 2.43. The van der Waals surface area contributed by atoms with Crippen LogP contribution in [0.3, 0.4) is 0 Å². The molecule has 1 aromatic carbocycles. The van der Waals surface area contributed by atoms with Crippen molar-refractivity contribution in [1.29, 1.82) is 0 Å². The summed E-state index contributed by atoms with van der Waals surface area (Å²) in [5.74, 6) is 0. The number of hydrogen-bond acceptors (Lipinski definition) is 3. The van der Waals surface area contributed by atoms with Gasteiger partial charge in [-0.05, 0) is 24.1 Å². The van der Waals surface area contributed by atoms with Crippen molar-refractivity contribution >= 4 is 9.84 Å². The van der Waals surface area contributed by atoms with Crippen molar-refractivity contribution in [1.82, 2.24) is 4.98 Å². The van der Waals surface area contributed by atoms with Gasteiger partial charge < -0.3 is 0 Å². The van der Waals surface area contributed by atoms with Crippen molar-refractivity contribution in [2.75, 3.05) is 0 Å². The van der Waals surface area contributed by atoms with Crippen LogP contribution in [0.4, 0.5) is 0 Å². The standard InChI is InChI=1S/C14H15NO2S/c1-2-13(12-8-4-3-5-9-12)18(16,17)14-10-6-7-11-15-14/h3-11,13H,2H2,1H3. The van der Waals surface area contributed by atoms with Gasteiger partial charge in [0.2, 0.25) is 9.84 Å². The van der Waals surface area contributed by atoms with Gasteiger partial charge in [-0.1, -0.05) is 43.3 Å². The topological polar surface area (TPSA) is 47.0 Å². The highest BCUT2D eigenvalue weighted by atomic mass is 32.2. The highest BCUT2D eigenvalue weighted by Crippen LogP contribution is 2.30. The molecular weight excluding hydrogens is 246 g/mol. The van der Waals surface area contributed by atoms with Gasteiger partial charge in [-0.15, -0.1) is 0 Å². The fraction of sp³-hybridized carbons (Fsp3) is 0.214. The first-order chi connectivity index (χ1) is 8.66. The Morgan fingerprint density at radius 1 is 1.06 bits per heavy atom. The second-order valence-corrected chi connectivity index (χ2v) is 6.10. The van der Waals surface area contributed by atoms with E-state index in [2.05, 4.69) is 4.98 Å². The van der Waals surface area contributed by atoms with Crippen molar-refractivity contribution in [3.8, 4) is 0 Å². The fourth-order valence-electron chi connectivity index (χ4n) is 1.96. The van der Waals surface area contributed by atoms with Crippen LogP contribution in [-0.2, 0) is 9.84 Å². The average molecular weight is 261 g/mol. The molecule has 0 aliphatic heterocycles. The van der Waals surface area contributed by atoms with E-state index in [1.807, 2.05) is 37.3 Å². The summed E-state index contributed by atoms with van der Waals surface area (Å²) in [5.41, 5.74) is 0.811. The predicted octanol–water partition coefficient (Wildman–Crippen LogP) is 3.01. The lowest BCUT2D eigenvalue weighted by Crippen LogP contribution is -2.14. The fourth-order valence-corrected chi connectivity index (χ4v) is 3.68. The lowest BCUT2D eigenvalue weighted by atomic mass is 10.1. The van der Waals surface area contributed by atoms with Gasteiger partial charge >= 0.3 is 0 Å². The molecule has 3 nitrogen and oxygen atoms in total. The van der Waals surface area contributed by atoms with E-state index in [4.69, 9.17) is 0 Å². The van der Waals surface area contributed by atoms with E-state index >= 15 is 0 Å². The van der Waals surface area contributed by atoms with E-state index in [-0.39, 0.29) is 5.03 Å². The molecule has 0 aliphatic rings. The van der Waals surface area contributed by atoms with E-state index < -0.39 is 15.1 Å². The van der Waals surface area contributed by atoms with Crippen LogP contribution in [0.15, 0.2) is 59.8 Å². The molecule has 0 saturated carbocycles. The van der Waals surface area contributed by atoms with E-state index in [0.717, 1.165) is 5.56 Å². The smallest absolute Gasteiger partial charge is 0.202 e. The van der Waals surface area contributed by atoms with Crippen molar-refractivity contribution in [3.63, 3.8) is 0 Å². The highest BCUT2D eigenvalue weighted by Gasteiger charge is 2.28. The summed E-state index contributed by atoms with van der Waals surface area (Å²) in [6.07, 6.45) is 2.04. The summed E-state index contributed by atoms with van der Waals surface area (Å²) < 4.78 is 25.0. The maximum atomic E-state index is 12.5. The first-order valence-corrected chi connectivity index (χ1v) is 7.40. The molecule has 0 fully saturated rings. The molecular formula is C14H15NO2S. The summed E-state index contributed by atoms with van der Waals surface area (Å²) in [6, 6.07) is 14.2. The van der Waals surface area contributed by atoms with Gasteiger partial charge in [-0.2, -0.15) is 0 Å². The van der Waals surface area contributed by atoms with Crippen LogP contribution >= 0.6 is 0 Å². The third-order valence-corrected chi connectivity index (χ3v) is 5.03. The van der Waals surface area contributed by atoms with Crippen molar-refractivity contribution in [2.45, 2.75) is 23.6 Å². The first kappa shape index (κ1) is 12.8. The van der Waals surface area contributed by atoms with Gasteiger partial charge in [-0.25, -0.2) is 13.4 Å². The molecule has 1 atom stereocenters. The van der Waals surface area contributed by atoms with Crippen LogP contribution in [0.5, 0.6) is 0 Å². The van der Waals surface area contributed by atoms with Crippen LogP contribution in [-0.4, -0.2) is 13.4 Å². The van der Waals surface area contributed by atoms with E-state index in [1.54, 1.807) is 18.2 Å². The molecule has 1 unspecified atom stereocenters. The average Bonchev–Trinajstić information content (AvgIpc) is 2.41. The molecule has 94 valence electrons. The first-order valence-electron chi connectivity index (χ1n) is 5.86. The number of rotatable bonds is 4. The molecule has 18 heavy (non-hydrogen) atoms. The number of benzene rings is 1. The zero-order chi connectivity index (χ0) is 13.0. The molecule has 0 N–H and O–H groups in total. The van der Waals surface area contributed by atoms with Gasteiger partial charge in [-0.3, -0.25) is 0 Å². The van der Waals surface area contributed by atoms with Crippen molar-refractivity contribution in [3.05, 3.63) is 60.3 Å². The van der Waals surface area contributed by atoms with E-state index in [9.17, 15) is 8.42 Å². The molecule has 1 aromatic heterocycles. The summed E-state index contributed by atoms with van der Waals surface area (Å²) in [6.45, 7) is 1.87. The summed E-state index contributed by atoms with van der Waals surface area (Å²) >= 11 is 0. The zero-order valence-corrected chi connectivity index (χ0v) is 11.0. The molecule has 1 heterocycles. The number of hydrogen-bond donors (Lipinski definition) is 0. The van der Waals surface area contributed by atoms with E-state index in [0.29, 0.717) is 6.42 Å². The lowest BCUT2D eigenvalue weighted by molar-refractivity contribution is 0.575. The Hall–Kier alpha value is -1.68. The molecule has 2 rings (SSSR count). The minimum absolute atomic E-state index is 0.140. The van der Waals surface area contributed by atoms with Crippen LogP contribution in [0.1, 0.15) is 24.2 Å². The summed E-state index contributed by atoms with van der Waals surface area (Å²) in [4.78, 5) is 3.96. The van der Waals surface area contributed by atoms with Crippen LogP contribution in [0, 0.1) is 0 Å².